The van der Waals surface area contributed by atoms with Crippen LogP contribution in [0, 0.1) is 5.92 Å². The third-order valence-corrected chi connectivity index (χ3v) is 7.42. The van der Waals surface area contributed by atoms with Gasteiger partial charge < -0.3 is 20.7 Å². The Kier molecular flexibility index (Phi) is 11.4. The van der Waals surface area contributed by atoms with Gasteiger partial charge in [-0.25, -0.2) is 9.78 Å². The number of amides is 1. The van der Waals surface area contributed by atoms with E-state index >= 15 is 0 Å². The monoisotopic (exact) mass is 525 g/mol. The number of H-pyrrole nitrogens is 1. The molecule has 0 radical (unpaired) electrons. The summed E-state index contributed by atoms with van der Waals surface area (Å²) in [4.78, 5) is 34.2. The number of thioether (sulfide) groups is 1. The van der Waals surface area contributed by atoms with Crippen LogP contribution in [0.2, 0.25) is 0 Å². The summed E-state index contributed by atoms with van der Waals surface area (Å²) >= 11 is 1.57. The first-order valence-corrected chi connectivity index (χ1v) is 14.2. The lowest BCUT2D eigenvalue weighted by Gasteiger charge is -2.31. The van der Waals surface area contributed by atoms with Crippen molar-refractivity contribution in [2.24, 2.45) is 5.92 Å². The molecule has 1 aromatic heterocycles. The quantitative estimate of drug-likeness (QED) is 0.225. The maximum atomic E-state index is 13.1. The van der Waals surface area contributed by atoms with Crippen LogP contribution in [-0.4, -0.2) is 69.0 Å². The molecule has 3 rings (SSSR count). The summed E-state index contributed by atoms with van der Waals surface area (Å²) in [6.45, 7) is 6.37. The zero-order valence-electron chi connectivity index (χ0n) is 21.9. The smallest absolute Gasteiger partial charge is 0.326 e. The molecule has 200 valence electrons. The van der Waals surface area contributed by atoms with Crippen LogP contribution >= 0.6 is 11.8 Å². The third kappa shape index (κ3) is 8.87. The second-order valence-electron chi connectivity index (χ2n) is 9.50. The minimum absolute atomic E-state index is 0.116. The number of carbonyl (C=O) groups is 2. The van der Waals surface area contributed by atoms with Crippen LogP contribution in [0.25, 0.3) is 10.8 Å². The number of aromatic nitrogens is 2. The Morgan fingerprint density at radius 3 is 2.68 bits per heavy atom. The molecule has 9 heteroatoms. The van der Waals surface area contributed by atoms with E-state index in [2.05, 4.69) is 63.6 Å². The van der Waals surface area contributed by atoms with E-state index in [1.165, 1.54) is 0 Å². The van der Waals surface area contributed by atoms with Gasteiger partial charge in [-0.3, -0.25) is 9.69 Å². The molecule has 0 saturated carbocycles. The fraction of sp³-hybridized carbons (Fsp3) is 0.464. The molecule has 0 fully saturated rings. The number of nitrogens with zero attached hydrogens (tertiary/aromatic N) is 2. The van der Waals surface area contributed by atoms with Crippen molar-refractivity contribution in [2.45, 2.75) is 51.9 Å². The van der Waals surface area contributed by atoms with E-state index in [1.54, 1.807) is 18.1 Å². The van der Waals surface area contributed by atoms with Gasteiger partial charge in [0.1, 0.15) is 6.04 Å². The molecule has 37 heavy (non-hydrogen) atoms. The van der Waals surface area contributed by atoms with E-state index in [4.69, 9.17) is 0 Å². The van der Waals surface area contributed by atoms with Crippen molar-refractivity contribution < 1.29 is 14.7 Å². The Bertz CT molecular complexity index is 1120. The second-order valence-corrected chi connectivity index (χ2v) is 10.5. The first kappa shape index (κ1) is 28.7. The fourth-order valence-electron chi connectivity index (χ4n) is 4.42. The Morgan fingerprint density at radius 2 is 1.97 bits per heavy atom. The summed E-state index contributed by atoms with van der Waals surface area (Å²) in [5.41, 5.74) is 2.14. The average molecular weight is 526 g/mol. The van der Waals surface area contributed by atoms with Gasteiger partial charge in [-0.15, -0.1) is 0 Å². The summed E-state index contributed by atoms with van der Waals surface area (Å²) in [7, 11) is 0. The molecule has 1 amide bonds. The zero-order valence-corrected chi connectivity index (χ0v) is 22.8. The number of carbonyl (C=O) groups excluding carboxylic acids is 1. The van der Waals surface area contributed by atoms with Crippen LogP contribution in [0.3, 0.4) is 0 Å². The van der Waals surface area contributed by atoms with Gasteiger partial charge in [0.2, 0.25) is 5.91 Å². The highest BCUT2D eigenvalue weighted by Crippen LogP contribution is 2.21. The molecule has 3 atom stereocenters. The molecular formula is C28H39N5O3S. The highest BCUT2D eigenvalue weighted by molar-refractivity contribution is 7.98. The number of hydrogen-bond acceptors (Lipinski definition) is 6. The van der Waals surface area contributed by atoms with Gasteiger partial charge in [-0.1, -0.05) is 62.7 Å². The lowest BCUT2D eigenvalue weighted by atomic mass is 9.97. The van der Waals surface area contributed by atoms with Gasteiger partial charge in [-0.2, -0.15) is 11.8 Å². The molecule has 0 bridgehead atoms. The average Bonchev–Trinajstić information content (AvgIpc) is 3.42. The Morgan fingerprint density at radius 1 is 1.19 bits per heavy atom. The maximum Gasteiger partial charge on any atom is 0.326 e. The standard InChI is InChI=1S/C28H39N5O3S/c1-4-20(2)26(30-15-23-14-29-19-31-23)17-33(18-27(34)32-25(28(35)36)12-13-37-3)16-22-10-7-9-21-8-5-6-11-24(21)22/h5-11,14,19-20,25-26,30H,4,12-13,15-18H2,1-3H3,(H,29,31)(H,32,34)(H,35,36)/t20-,25-,26+/m0/s1. The number of benzene rings is 2. The highest BCUT2D eigenvalue weighted by Gasteiger charge is 2.24. The lowest BCUT2D eigenvalue weighted by Crippen LogP contribution is -2.49. The van der Waals surface area contributed by atoms with Crippen molar-refractivity contribution in [2.75, 3.05) is 25.1 Å². The molecule has 2 aromatic carbocycles. The van der Waals surface area contributed by atoms with E-state index in [-0.39, 0.29) is 18.5 Å². The summed E-state index contributed by atoms with van der Waals surface area (Å²) in [6.07, 6.45) is 6.79. The first-order valence-electron chi connectivity index (χ1n) is 12.8. The summed E-state index contributed by atoms with van der Waals surface area (Å²) in [6, 6.07) is 13.7. The summed E-state index contributed by atoms with van der Waals surface area (Å²) in [5.74, 6) is -0.230. The number of nitrogens with one attached hydrogen (secondary N) is 3. The van der Waals surface area contributed by atoms with Gasteiger partial charge >= 0.3 is 5.97 Å². The van der Waals surface area contributed by atoms with E-state index < -0.39 is 12.0 Å². The molecule has 4 N–H and O–H groups in total. The molecule has 0 saturated heterocycles. The number of imidazole rings is 1. The number of carboxylic acid groups (broad SMARTS) is 1. The van der Waals surface area contributed by atoms with Crippen molar-refractivity contribution in [1.82, 2.24) is 25.5 Å². The Hall–Kier alpha value is -2.88. The predicted octanol–water partition coefficient (Wildman–Crippen LogP) is 3.89. The van der Waals surface area contributed by atoms with E-state index in [0.717, 1.165) is 28.5 Å². The molecule has 8 nitrogen and oxygen atoms in total. The minimum atomic E-state index is -0.998. The summed E-state index contributed by atoms with van der Waals surface area (Å²) < 4.78 is 0. The van der Waals surface area contributed by atoms with Crippen molar-refractivity contribution in [3.8, 4) is 0 Å². The van der Waals surface area contributed by atoms with Crippen molar-refractivity contribution in [3.63, 3.8) is 0 Å². The van der Waals surface area contributed by atoms with Crippen LogP contribution in [0.15, 0.2) is 55.0 Å². The highest BCUT2D eigenvalue weighted by atomic mass is 32.2. The van der Waals surface area contributed by atoms with E-state index in [1.807, 2.05) is 30.7 Å². The number of rotatable bonds is 16. The van der Waals surface area contributed by atoms with Gasteiger partial charge in [0.05, 0.1) is 12.9 Å². The minimum Gasteiger partial charge on any atom is -0.480 e. The van der Waals surface area contributed by atoms with Gasteiger partial charge in [0.15, 0.2) is 0 Å². The molecule has 1 heterocycles. The molecule has 0 spiro atoms. The molecule has 0 aliphatic heterocycles. The lowest BCUT2D eigenvalue weighted by molar-refractivity contribution is -0.142. The van der Waals surface area contributed by atoms with Crippen molar-refractivity contribution in [1.29, 1.82) is 0 Å². The van der Waals surface area contributed by atoms with Gasteiger partial charge in [0, 0.05) is 37.6 Å². The Labute approximate surface area is 223 Å². The number of aliphatic carboxylic acids is 1. The molecule has 3 aromatic rings. The van der Waals surface area contributed by atoms with Crippen LogP contribution in [0.1, 0.15) is 37.9 Å². The molecule has 0 aliphatic carbocycles. The maximum absolute atomic E-state index is 13.1. The van der Waals surface area contributed by atoms with E-state index in [9.17, 15) is 14.7 Å². The number of carboxylic acids is 1. The predicted molar refractivity (Wildman–Crippen MR) is 150 cm³/mol. The topological polar surface area (TPSA) is 110 Å². The van der Waals surface area contributed by atoms with E-state index in [0.29, 0.717) is 37.7 Å². The largest absolute Gasteiger partial charge is 0.480 e. The van der Waals surface area contributed by atoms with Crippen LogP contribution in [0.4, 0.5) is 0 Å². The van der Waals surface area contributed by atoms with Crippen molar-refractivity contribution in [3.05, 3.63) is 66.2 Å². The van der Waals surface area contributed by atoms with Crippen LogP contribution in [-0.2, 0) is 22.7 Å². The second kappa shape index (κ2) is 14.8. The number of fused-ring (bicyclic) bond motifs is 1. The number of hydrogen-bond donors (Lipinski definition) is 4. The Balaban J connectivity index is 1.80. The summed E-state index contributed by atoms with van der Waals surface area (Å²) in [5, 5.41) is 18.3. The number of aromatic amines is 1. The third-order valence-electron chi connectivity index (χ3n) is 6.78. The molecule has 0 unspecified atom stereocenters. The van der Waals surface area contributed by atoms with Crippen LogP contribution in [0.5, 0.6) is 0 Å². The van der Waals surface area contributed by atoms with Gasteiger partial charge in [0.25, 0.3) is 0 Å². The van der Waals surface area contributed by atoms with Gasteiger partial charge in [-0.05, 0) is 40.7 Å². The zero-order chi connectivity index (χ0) is 26.6. The van der Waals surface area contributed by atoms with Crippen LogP contribution < -0.4 is 10.6 Å². The first-order chi connectivity index (χ1) is 17.9. The molecule has 0 aliphatic rings. The van der Waals surface area contributed by atoms with Crippen molar-refractivity contribution >= 4 is 34.4 Å². The SMILES string of the molecule is CC[C@H](C)[C@@H](CN(CC(=O)N[C@@H](CCSC)C(=O)O)Cc1cccc2ccccc12)NCc1cnc[nH]1. The normalized spacial score (nSPS) is 13.9. The molecular weight excluding hydrogens is 486 g/mol. The fourth-order valence-corrected chi connectivity index (χ4v) is 4.89.